The maximum Gasteiger partial charge on any atom is 0.243 e. The molecule has 0 radical (unpaired) electrons. The minimum Gasteiger partial charge on any atom is -0.350 e. The smallest absolute Gasteiger partial charge is 0.243 e. The number of amides is 1. The summed E-state index contributed by atoms with van der Waals surface area (Å²) < 4.78 is 0. The molecule has 0 atom stereocenters. The Bertz CT molecular complexity index is 136. The number of nitrogens with one attached hydrogen (secondary N) is 1. The van der Waals surface area contributed by atoms with Gasteiger partial charge in [-0.1, -0.05) is 19.9 Å². The normalized spacial score (nSPS) is 10.9. The van der Waals surface area contributed by atoms with E-state index in [4.69, 9.17) is 0 Å². The van der Waals surface area contributed by atoms with Crippen LogP contribution in [0.25, 0.3) is 0 Å². The zero-order valence-electron chi connectivity index (χ0n) is 7.55. The highest BCUT2D eigenvalue weighted by atomic mass is 16.1. The van der Waals surface area contributed by atoms with Crippen LogP contribution in [-0.2, 0) is 4.79 Å². The standard InChI is InChI=1S/C9H17NO/c1-4-7-9(11)10-8(5-2)6-3/h4,7-8H,5-6H2,1-3H3,(H,10,11). The molecule has 2 nitrogen and oxygen atoms in total. The lowest BCUT2D eigenvalue weighted by molar-refractivity contribution is -0.117. The SMILES string of the molecule is CC=CC(=O)NC(CC)CC. The molecule has 0 spiro atoms. The third-order valence-electron chi connectivity index (χ3n) is 1.65. The monoisotopic (exact) mass is 155 g/mol. The van der Waals surface area contributed by atoms with Crippen molar-refractivity contribution in [1.29, 1.82) is 0 Å². The zero-order valence-corrected chi connectivity index (χ0v) is 7.55. The molecule has 11 heavy (non-hydrogen) atoms. The van der Waals surface area contributed by atoms with Crippen molar-refractivity contribution in [2.24, 2.45) is 0 Å². The minimum absolute atomic E-state index is 0.0150. The van der Waals surface area contributed by atoms with Crippen molar-refractivity contribution >= 4 is 5.91 Å². The number of allylic oxidation sites excluding steroid dienone is 1. The fourth-order valence-corrected chi connectivity index (χ4v) is 0.893. The van der Waals surface area contributed by atoms with E-state index < -0.39 is 0 Å². The molecule has 0 bridgehead atoms. The van der Waals surface area contributed by atoms with Crippen LogP contribution < -0.4 is 5.32 Å². The third-order valence-corrected chi connectivity index (χ3v) is 1.65. The second-order valence-electron chi connectivity index (χ2n) is 2.52. The van der Waals surface area contributed by atoms with Crippen LogP contribution in [0.1, 0.15) is 33.6 Å². The molecule has 0 aliphatic rings. The first-order chi connectivity index (χ1) is 5.24. The largest absolute Gasteiger partial charge is 0.350 e. The van der Waals surface area contributed by atoms with Crippen LogP contribution in [0, 0.1) is 0 Å². The molecule has 0 aromatic heterocycles. The predicted octanol–water partition coefficient (Wildman–Crippen LogP) is 1.87. The maximum atomic E-state index is 11.0. The summed E-state index contributed by atoms with van der Waals surface area (Å²) in [5.41, 5.74) is 0. The quantitative estimate of drug-likeness (QED) is 0.617. The predicted molar refractivity (Wildman–Crippen MR) is 47.3 cm³/mol. The average Bonchev–Trinajstić information content (AvgIpc) is 2.01. The molecule has 0 unspecified atom stereocenters. The second-order valence-corrected chi connectivity index (χ2v) is 2.52. The number of hydrogen-bond donors (Lipinski definition) is 1. The zero-order chi connectivity index (χ0) is 8.69. The van der Waals surface area contributed by atoms with Gasteiger partial charge in [-0.15, -0.1) is 0 Å². The van der Waals surface area contributed by atoms with Gasteiger partial charge in [0.05, 0.1) is 0 Å². The fourth-order valence-electron chi connectivity index (χ4n) is 0.893. The maximum absolute atomic E-state index is 11.0. The van der Waals surface area contributed by atoms with E-state index in [2.05, 4.69) is 19.2 Å². The molecule has 2 heteroatoms. The summed E-state index contributed by atoms with van der Waals surface area (Å²) in [4.78, 5) is 11.0. The van der Waals surface area contributed by atoms with Crippen molar-refractivity contribution in [3.8, 4) is 0 Å². The van der Waals surface area contributed by atoms with E-state index in [1.807, 2.05) is 6.92 Å². The molecular formula is C9H17NO. The van der Waals surface area contributed by atoms with Gasteiger partial charge in [0.1, 0.15) is 0 Å². The van der Waals surface area contributed by atoms with Crippen LogP contribution in [0.4, 0.5) is 0 Å². The number of rotatable bonds is 4. The summed E-state index contributed by atoms with van der Waals surface area (Å²) >= 11 is 0. The molecule has 0 rings (SSSR count). The first-order valence-electron chi connectivity index (χ1n) is 4.17. The van der Waals surface area contributed by atoms with Crippen molar-refractivity contribution in [2.75, 3.05) is 0 Å². The van der Waals surface area contributed by atoms with Gasteiger partial charge in [0.15, 0.2) is 0 Å². The Labute approximate surface area is 68.7 Å². The van der Waals surface area contributed by atoms with Gasteiger partial charge >= 0.3 is 0 Å². The van der Waals surface area contributed by atoms with Crippen molar-refractivity contribution in [1.82, 2.24) is 5.32 Å². The molecular weight excluding hydrogens is 138 g/mol. The van der Waals surface area contributed by atoms with Crippen molar-refractivity contribution < 1.29 is 4.79 Å². The molecule has 0 aliphatic carbocycles. The number of hydrogen-bond acceptors (Lipinski definition) is 1. The van der Waals surface area contributed by atoms with E-state index in [-0.39, 0.29) is 5.91 Å². The fraction of sp³-hybridized carbons (Fsp3) is 0.667. The number of carbonyl (C=O) groups excluding carboxylic acids is 1. The van der Waals surface area contributed by atoms with Crippen molar-refractivity contribution in [3.63, 3.8) is 0 Å². The van der Waals surface area contributed by atoms with Crippen LogP contribution in [-0.4, -0.2) is 11.9 Å². The molecule has 0 saturated heterocycles. The molecule has 0 saturated carbocycles. The van der Waals surface area contributed by atoms with Gasteiger partial charge in [-0.25, -0.2) is 0 Å². The average molecular weight is 155 g/mol. The molecule has 0 aliphatic heterocycles. The Kier molecular flexibility index (Phi) is 5.53. The van der Waals surface area contributed by atoms with Crippen molar-refractivity contribution in [3.05, 3.63) is 12.2 Å². The number of carbonyl (C=O) groups is 1. The van der Waals surface area contributed by atoms with E-state index >= 15 is 0 Å². The van der Waals surface area contributed by atoms with E-state index in [1.165, 1.54) is 0 Å². The highest BCUT2D eigenvalue weighted by Gasteiger charge is 2.03. The van der Waals surface area contributed by atoms with E-state index in [0.29, 0.717) is 6.04 Å². The summed E-state index contributed by atoms with van der Waals surface area (Å²) in [6, 6.07) is 0.332. The second kappa shape index (κ2) is 5.96. The lowest BCUT2D eigenvalue weighted by Gasteiger charge is -2.12. The van der Waals surface area contributed by atoms with E-state index in [1.54, 1.807) is 12.2 Å². The van der Waals surface area contributed by atoms with E-state index in [9.17, 15) is 4.79 Å². The van der Waals surface area contributed by atoms with Gasteiger partial charge in [0.25, 0.3) is 0 Å². The van der Waals surface area contributed by atoms with Gasteiger partial charge in [-0.05, 0) is 25.8 Å². The summed E-state index contributed by atoms with van der Waals surface area (Å²) in [6.45, 7) is 5.99. The Balaban J connectivity index is 3.71. The van der Waals surface area contributed by atoms with Gasteiger partial charge < -0.3 is 5.32 Å². The van der Waals surface area contributed by atoms with Crippen LogP contribution in [0.3, 0.4) is 0 Å². The van der Waals surface area contributed by atoms with Crippen LogP contribution in [0.15, 0.2) is 12.2 Å². The Morgan fingerprint density at radius 1 is 1.45 bits per heavy atom. The van der Waals surface area contributed by atoms with E-state index in [0.717, 1.165) is 12.8 Å². The first kappa shape index (κ1) is 10.2. The van der Waals surface area contributed by atoms with Gasteiger partial charge in [0.2, 0.25) is 5.91 Å². The molecule has 0 aromatic rings. The Morgan fingerprint density at radius 2 is 2.00 bits per heavy atom. The van der Waals surface area contributed by atoms with Gasteiger partial charge in [0, 0.05) is 6.04 Å². The summed E-state index contributed by atoms with van der Waals surface area (Å²) in [5, 5.41) is 2.89. The van der Waals surface area contributed by atoms with Crippen LogP contribution in [0.5, 0.6) is 0 Å². The van der Waals surface area contributed by atoms with Crippen LogP contribution in [0.2, 0.25) is 0 Å². The van der Waals surface area contributed by atoms with Gasteiger partial charge in [-0.3, -0.25) is 4.79 Å². The Morgan fingerprint density at radius 3 is 2.36 bits per heavy atom. The lowest BCUT2D eigenvalue weighted by Crippen LogP contribution is -2.32. The highest BCUT2D eigenvalue weighted by Crippen LogP contribution is 1.95. The molecule has 0 heterocycles. The molecule has 0 aromatic carbocycles. The van der Waals surface area contributed by atoms with Crippen LogP contribution >= 0.6 is 0 Å². The third kappa shape index (κ3) is 4.59. The van der Waals surface area contributed by atoms with Gasteiger partial charge in [-0.2, -0.15) is 0 Å². The summed E-state index contributed by atoms with van der Waals surface area (Å²) in [7, 11) is 0. The minimum atomic E-state index is 0.0150. The Hall–Kier alpha value is -0.790. The molecule has 64 valence electrons. The molecule has 1 N–H and O–H groups in total. The van der Waals surface area contributed by atoms with Crippen molar-refractivity contribution in [2.45, 2.75) is 39.7 Å². The highest BCUT2D eigenvalue weighted by molar-refractivity contribution is 5.87. The molecule has 1 amide bonds. The first-order valence-corrected chi connectivity index (χ1v) is 4.17. The topological polar surface area (TPSA) is 29.1 Å². The summed E-state index contributed by atoms with van der Waals surface area (Å²) in [6.07, 6.45) is 5.30. The molecule has 0 fully saturated rings. The lowest BCUT2D eigenvalue weighted by atomic mass is 10.2. The summed E-state index contributed by atoms with van der Waals surface area (Å²) in [5.74, 6) is 0.0150.